The van der Waals surface area contributed by atoms with E-state index < -0.39 is 0 Å². The molecule has 0 nitrogen and oxygen atoms in total. The highest BCUT2D eigenvalue weighted by molar-refractivity contribution is 6.55. The number of hydrogen-bond acceptors (Lipinski definition) is 0. The van der Waals surface area contributed by atoms with Crippen LogP contribution >= 0.6 is 0 Å². The molecular weight excluding hydrogens is 94.9 g/mol. The summed E-state index contributed by atoms with van der Waals surface area (Å²) in [6.45, 7) is 6.41. The van der Waals surface area contributed by atoms with Crippen molar-refractivity contribution in [2.24, 2.45) is 0 Å². The van der Waals surface area contributed by atoms with Gasteiger partial charge in [0, 0.05) is 0 Å². The van der Waals surface area contributed by atoms with E-state index in [4.69, 9.17) is 0 Å². The maximum atomic E-state index is 2.20. The van der Waals surface area contributed by atoms with Crippen LogP contribution in [0.3, 0.4) is 0 Å². The number of rotatable bonds is 0. The van der Waals surface area contributed by atoms with E-state index >= 15 is 0 Å². The van der Waals surface area contributed by atoms with Gasteiger partial charge in [0.15, 0.2) is 7.28 Å². The van der Waals surface area contributed by atoms with Crippen LogP contribution in [0.25, 0.3) is 0 Å². The van der Waals surface area contributed by atoms with Crippen LogP contribution in [0, 0.1) is 0 Å². The Morgan fingerprint density at radius 2 is 1.88 bits per heavy atom. The first-order valence-electron chi connectivity index (χ1n) is 2.90. The lowest BCUT2D eigenvalue weighted by molar-refractivity contribution is 1.46. The summed E-state index contributed by atoms with van der Waals surface area (Å²) in [5.41, 5.74) is 4.19. The molecule has 8 heavy (non-hydrogen) atoms. The second-order valence-electron chi connectivity index (χ2n) is 2.40. The molecule has 1 aliphatic rings. The van der Waals surface area contributed by atoms with Crippen molar-refractivity contribution in [2.45, 2.75) is 20.8 Å². The zero-order valence-electron chi connectivity index (χ0n) is 5.65. The van der Waals surface area contributed by atoms with E-state index in [1.807, 2.05) is 0 Å². The lowest BCUT2D eigenvalue weighted by Gasteiger charge is -1.88. The van der Waals surface area contributed by atoms with Crippen molar-refractivity contribution in [3.63, 3.8) is 0 Å². The highest BCUT2D eigenvalue weighted by Crippen LogP contribution is 2.15. The van der Waals surface area contributed by atoms with Crippen LogP contribution in [0.5, 0.6) is 0 Å². The van der Waals surface area contributed by atoms with Gasteiger partial charge in [-0.05, 0) is 6.92 Å². The van der Waals surface area contributed by atoms with E-state index in [1.54, 1.807) is 0 Å². The average molecular weight is 105 g/mol. The molecule has 0 atom stereocenters. The van der Waals surface area contributed by atoms with E-state index in [-0.39, 0.29) is 0 Å². The Morgan fingerprint density at radius 1 is 1.25 bits per heavy atom. The zero-order chi connectivity index (χ0) is 6.15. The monoisotopic (exact) mass is 105 g/mol. The summed E-state index contributed by atoms with van der Waals surface area (Å²) in [5.74, 6) is 0. The third-order valence-electron chi connectivity index (χ3n) is 1.51. The second-order valence-corrected chi connectivity index (χ2v) is 2.40. The van der Waals surface area contributed by atoms with Crippen molar-refractivity contribution < 1.29 is 0 Å². The van der Waals surface area contributed by atoms with Crippen molar-refractivity contribution >= 4 is 7.28 Å². The van der Waals surface area contributed by atoms with Crippen molar-refractivity contribution in [1.29, 1.82) is 0 Å². The van der Waals surface area contributed by atoms with Gasteiger partial charge in [0.05, 0.1) is 0 Å². The quantitative estimate of drug-likeness (QED) is 0.412. The molecule has 0 spiro atoms. The molecule has 1 aliphatic heterocycles. The third kappa shape index (κ3) is 0.859. The Bertz CT molecular complexity index is 163. The topological polar surface area (TPSA) is 0 Å². The van der Waals surface area contributed by atoms with Gasteiger partial charge in [-0.25, -0.2) is 0 Å². The zero-order valence-corrected chi connectivity index (χ0v) is 5.65. The first kappa shape index (κ1) is 5.68. The van der Waals surface area contributed by atoms with Gasteiger partial charge in [0.2, 0.25) is 0 Å². The molecular formula is C7H10B. The summed E-state index contributed by atoms with van der Waals surface area (Å²) in [4.78, 5) is 0. The minimum atomic E-state index is 1.38. The fourth-order valence-corrected chi connectivity index (χ4v) is 0.952. The molecule has 1 rings (SSSR count). The van der Waals surface area contributed by atoms with Crippen LogP contribution in [0.1, 0.15) is 20.8 Å². The predicted octanol–water partition coefficient (Wildman–Crippen LogP) is 1.90. The van der Waals surface area contributed by atoms with E-state index in [9.17, 15) is 0 Å². The molecule has 1 heterocycles. The number of allylic oxidation sites excluding steroid dienone is 4. The second kappa shape index (κ2) is 1.81. The van der Waals surface area contributed by atoms with Crippen molar-refractivity contribution in [1.82, 2.24) is 0 Å². The molecule has 0 bridgehead atoms. The molecule has 0 aliphatic carbocycles. The molecule has 0 fully saturated rings. The normalized spacial score (nSPS) is 18.6. The van der Waals surface area contributed by atoms with E-state index in [0.29, 0.717) is 0 Å². The van der Waals surface area contributed by atoms with Crippen LogP contribution < -0.4 is 0 Å². The molecule has 1 heteroatoms. The van der Waals surface area contributed by atoms with Crippen LogP contribution in [0.2, 0.25) is 0 Å². The maximum Gasteiger partial charge on any atom is 0.179 e. The minimum absolute atomic E-state index is 1.38. The fraction of sp³-hybridized carbons (Fsp3) is 0.429. The van der Waals surface area contributed by atoms with Crippen molar-refractivity contribution in [2.75, 3.05) is 0 Å². The standard InChI is InChI=1S/C7H10B/c1-5-4-6(2)8-7(5)3/h4H,1-3H3. The van der Waals surface area contributed by atoms with Crippen LogP contribution in [-0.4, -0.2) is 7.28 Å². The molecule has 0 saturated heterocycles. The first-order chi connectivity index (χ1) is 3.70. The summed E-state index contributed by atoms with van der Waals surface area (Å²) < 4.78 is 0. The molecule has 0 unspecified atom stereocenters. The largest absolute Gasteiger partial charge is 0.179 e. The fourth-order valence-electron chi connectivity index (χ4n) is 0.952. The van der Waals surface area contributed by atoms with E-state index in [1.165, 1.54) is 16.5 Å². The number of hydrogen-bond donors (Lipinski definition) is 0. The summed E-state index contributed by atoms with van der Waals surface area (Å²) in [6, 6.07) is 0. The SMILES string of the molecule is CC1=CC(C)=C(C)[B]1. The Kier molecular flexibility index (Phi) is 1.28. The molecule has 41 valence electrons. The molecule has 0 amide bonds. The summed E-state index contributed by atoms with van der Waals surface area (Å²) in [7, 11) is 2.20. The van der Waals surface area contributed by atoms with Gasteiger partial charge in [-0.15, -0.1) is 10.9 Å². The molecule has 0 aromatic heterocycles. The lowest BCUT2D eigenvalue weighted by atomic mass is 9.67. The van der Waals surface area contributed by atoms with Crippen LogP contribution in [-0.2, 0) is 0 Å². The molecule has 0 aromatic rings. The first-order valence-corrected chi connectivity index (χ1v) is 2.90. The lowest BCUT2D eigenvalue weighted by Crippen LogP contribution is -1.87. The van der Waals surface area contributed by atoms with Crippen LogP contribution in [0.4, 0.5) is 0 Å². The van der Waals surface area contributed by atoms with Gasteiger partial charge in [-0.2, -0.15) is 0 Å². The van der Waals surface area contributed by atoms with Gasteiger partial charge < -0.3 is 0 Å². The molecule has 0 N–H and O–H groups in total. The predicted molar refractivity (Wildman–Crippen MR) is 37.9 cm³/mol. The van der Waals surface area contributed by atoms with Gasteiger partial charge in [0.1, 0.15) is 0 Å². The summed E-state index contributed by atoms with van der Waals surface area (Å²) in [6.07, 6.45) is 2.20. The van der Waals surface area contributed by atoms with Gasteiger partial charge >= 0.3 is 0 Å². The Morgan fingerprint density at radius 3 is 2.00 bits per heavy atom. The molecule has 0 saturated carbocycles. The van der Waals surface area contributed by atoms with Crippen molar-refractivity contribution in [3.05, 3.63) is 22.6 Å². The highest BCUT2D eigenvalue weighted by atomic mass is 13.9. The Labute approximate surface area is 51.5 Å². The highest BCUT2D eigenvalue weighted by Gasteiger charge is 2.04. The van der Waals surface area contributed by atoms with Crippen LogP contribution in [0.15, 0.2) is 22.6 Å². The van der Waals surface area contributed by atoms with E-state index in [0.717, 1.165) is 0 Å². The third-order valence-corrected chi connectivity index (χ3v) is 1.51. The molecule has 1 radical (unpaired) electrons. The summed E-state index contributed by atoms with van der Waals surface area (Å²) >= 11 is 0. The van der Waals surface area contributed by atoms with Gasteiger partial charge in [0.25, 0.3) is 0 Å². The Hall–Kier alpha value is -0.455. The van der Waals surface area contributed by atoms with Gasteiger partial charge in [-0.1, -0.05) is 25.5 Å². The average Bonchev–Trinajstić information content (AvgIpc) is 1.85. The maximum absolute atomic E-state index is 2.20. The minimum Gasteiger partial charge on any atom is -0.106 e. The van der Waals surface area contributed by atoms with Crippen molar-refractivity contribution in [3.8, 4) is 0 Å². The Balaban J connectivity index is 2.79. The summed E-state index contributed by atoms with van der Waals surface area (Å²) in [5, 5.41) is 0. The van der Waals surface area contributed by atoms with Gasteiger partial charge in [-0.3, -0.25) is 0 Å². The van der Waals surface area contributed by atoms with E-state index in [2.05, 4.69) is 34.1 Å². The molecule has 0 aromatic carbocycles. The smallest absolute Gasteiger partial charge is 0.106 e.